The molecule has 2 heteroatoms. The first kappa shape index (κ1) is 8.57. The van der Waals surface area contributed by atoms with E-state index in [9.17, 15) is 0 Å². The molecule has 1 aliphatic rings. The van der Waals surface area contributed by atoms with E-state index in [0.29, 0.717) is 6.04 Å². The third-order valence-corrected chi connectivity index (χ3v) is 2.33. The van der Waals surface area contributed by atoms with Gasteiger partial charge in [0.15, 0.2) is 0 Å². The van der Waals surface area contributed by atoms with Crippen LogP contribution < -0.4 is 10.1 Å². The van der Waals surface area contributed by atoms with E-state index in [4.69, 9.17) is 4.74 Å². The number of para-hydroxylation sites is 1. The normalized spacial score (nSPS) is 20.0. The molecule has 2 rings (SSSR count). The first-order valence-corrected chi connectivity index (χ1v) is 4.70. The van der Waals surface area contributed by atoms with E-state index in [1.807, 2.05) is 0 Å². The summed E-state index contributed by atoms with van der Waals surface area (Å²) in [6.07, 6.45) is 0. The van der Waals surface area contributed by atoms with E-state index in [-0.39, 0.29) is 0 Å². The Kier molecular flexibility index (Phi) is 2.23. The van der Waals surface area contributed by atoms with Gasteiger partial charge < -0.3 is 10.1 Å². The van der Waals surface area contributed by atoms with E-state index >= 15 is 0 Å². The molecule has 0 spiro atoms. The molecule has 1 heterocycles. The summed E-state index contributed by atoms with van der Waals surface area (Å²) in [5.41, 5.74) is 2.45. The highest BCUT2D eigenvalue weighted by Gasteiger charge is 2.20. The third-order valence-electron chi connectivity index (χ3n) is 2.33. The summed E-state index contributed by atoms with van der Waals surface area (Å²) in [6, 6.07) is 6.82. The molecule has 1 N–H and O–H groups in total. The van der Waals surface area contributed by atoms with Gasteiger partial charge in [-0.05, 0) is 25.0 Å². The Morgan fingerprint density at radius 3 is 2.54 bits per heavy atom. The summed E-state index contributed by atoms with van der Waals surface area (Å²) < 4.78 is 5.73. The van der Waals surface area contributed by atoms with Gasteiger partial charge in [0, 0.05) is 6.54 Å². The lowest BCUT2D eigenvalue weighted by Crippen LogP contribution is -2.08. The largest absolute Gasteiger partial charge is 0.491 e. The maximum Gasteiger partial charge on any atom is 0.125 e. The second kappa shape index (κ2) is 3.38. The fraction of sp³-hybridized carbons (Fsp3) is 0.455. The average Bonchev–Trinajstić information content (AvgIpc) is 2.87. The van der Waals surface area contributed by atoms with Crippen molar-refractivity contribution in [1.29, 1.82) is 0 Å². The van der Waals surface area contributed by atoms with Crippen molar-refractivity contribution in [1.82, 2.24) is 5.32 Å². The van der Waals surface area contributed by atoms with Crippen LogP contribution in [0.4, 0.5) is 0 Å². The Morgan fingerprint density at radius 2 is 2.00 bits per heavy atom. The minimum atomic E-state index is 0.582. The molecular formula is C11H15NO. The van der Waals surface area contributed by atoms with Gasteiger partial charge >= 0.3 is 0 Å². The standard InChI is InChI=1S/C11H15NO/c1-8-4-3-5-9(2)11(8)13-7-10-6-12-10/h3-5,10,12H,6-7H2,1-2H3. The number of hydrogen-bond donors (Lipinski definition) is 1. The van der Waals surface area contributed by atoms with Gasteiger partial charge in [0.05, 0.1) is 6.04 Å². The highest BCUT2D eigenvalue weighted by atomic mass is 16.5. The molecule has 2 nitrogen and oxygen atoms in total. The summed E-state index contributed by atoms with van der Waals surface area (Å²) in [7, 11) is 0. The zero-order chi connectivity index (χ0) is 9.26. The third kappa shape index (κ3) is 2.01. The molecule has 0 aliphatic carbocycles. The number of hydrogen-bond acceptors (Lipinski definition) is 2. The lowest BCUT2D eigenvalue weighted by Gasteiger charge is -2.10. The molecule has 70 valence electrons. The van der Waals surface area contributed by atoms with Crippen LogP contribution in [-0.2, 0) is 0 Å². The molecule has 0 saturated carbocycles. The van der Waals surface area contributed by atoms with Gasteiger partial charge in [0.25, 0.3) is 0 Å². The Bertz CT molecular complexity index is 285. The number of ether oxygens (including phenoxy) is 1. The molecule has 1 aliphatic heterocycles. The smallest absolute Gasteiger partial charge is 0.125 e. The first-order valence-electron chi connectivity index (χ1n) is 4.70. The van der Waals surface area contributed by atoms with Crippen LogP contribution >= 0.6 is 0 Å². The van der Waals surface area contributed by atoms with Crippen LogP contribution in [0.15, 0.2) is 18.2 Å². The van der Waals surface area contributed by atoms with Gasteiger partial charge in [-0.3, -0.25) is 0 Å². The average molecular weight is 177 g/mol. The van der Waals surface area contributed by atoms with Crippen LogP contribution in [0.3, 0.4) is 0 Å². The van der Waals surface area contributed by atoms with Crippen LogP contribution in [0.5, 0.6) is 5.75 Å². The second-order valence-electron chi connectivity index (χ2n) is 3.64. The van der Waals surface area contributed by atoms with Crippen molar-refractivity contribution in [3.05, 3.63) is 29.3 Å². The molecule has 1 fully saturated rings. The van der Waals surface area contributed by atoms with Crippen LogP contribution in [0.2, 0.25) is 0 Å². The Balaban J connectivity index is 2.07. The number of nitrogens with one attached hydrogen (secondary N) is 1. The molecular weight excluding hydrogens is 162 g/mol. The molecule has 0 bridgehead atoms. The zero-order valence-electron chi connectivity index (χ0n) is 8.13. The van der Waals surface area contributed by atoms with Crippen molar-refractivity contribution >= 4 is 0 Å². The van der Waals surface area contributed by atoms with Gasteiger partial charge in [-0.25, -0.2) is 0 Å². The van der Waals surface area contributed by atoms with Crippen LogP contribution in [0, 0.1) is 13.8 Å². The van der Waals surface area contributed by atoms with Gasteiger partial charge in [0.1, 0.15) is 12.4 Å². The van der Waals surface area contributed by atoms with Crippen molar-refractivity contribution in [3.63, 3.8) is 0 Å². The number of rotatable bonds is 3. The first-order chi connectivity index (χ1) is 6.27. The summed E-state index contributed by atoms with van der Waals surface area (Å²) in [4.78, 5) is 0. The van der Waals surface area contributed by atoms with E-state index < -0.39 is 0 Å². The summed E-state index contributed by atoms with van der Waals surface area (Å²) in [6.45, 7) is 6.07. The highest BCUT2D eigenvalue weighted by molar-refractivity contribution is 5.39. The number of aryl methyl sites for hydroxylation is 2. The van der Waals surface area contributed by atoms with Crippen LogP contribution in [0.1, 0.15) is 11.1 Å². The molecule has 0 aromatic heterocycles. The lowest BCUT2D eigenvalue weighted by molar-refractivity contribution is 0.315. The van der Waals surface area contributed by atoms with Crippen molar-refractivity contribution in [2.75, 3.05) is 13.2 Å². The van der Waals surface area contributed by atoms with Crippen molar-refractivity contribution in [3.8, 4) is 5.75 Å². The predicted molar refractivity (Wildman–Crippen MR) is 53.2 cm³/mol. The maximum atomic E-state index is 5.73. The minimum absolute atomic E-state index is 0.582. The van der Waals surface area contributed by atoms with E-state index in [1.165, 1.54) is 11.1 Å². The van der Waals surface area contributed by atoms with E-state index in [0.717, 1.165) is 18.9 Å². The second-order valence-corrected chi connectivity index (χ2v) is 3.64. The molecule has 1 atom stereocenters. The van der Waals surface area contributed by atoms with Crippen molar-refractivity contribution in [2.24, 2.45) is 0 Å². The van der Waals surface area contributed by atoms with Crippen LogP contribution in [-0.4, -0.2) is 19.2 Å². The van der Waals surface area contributed by atoms with Gasteiger partial charge in [-0.1, -0.05) is 18.2 Å². The van der Waals surface area contributed by atoms with Gasteiger partial charge in [0.2, 0.25) is 0 Å². The zero-order valence-corrected chi connectivity index (χ0v) is 8.13. The molecule has 1 aromatic rings. The monoisotopic (exact) mass is 177 g/mol. The molecule has 1 unspecified atom stereocenters. The molecule has 0 amide bonds. The quantitative estimate of drug-likeness (QED) is 0.712. The topological polar surface area (TPSA) is 31.2 Å². The summed E-state index contributed by atoms with van der Waals surface area (Å²) >= 11 is 0. The summed E-state index contributed by atoms with van der Waals surface area (Å²) in [5.74, 6) is 1.05. The molecule has 13 heavy (non-hydrogen) atoms. The van der Waals surface area contributed by atoms with Crippen LogP contribution in [0.25, 0.3) is 0 Å². The van der Waals surface area contributed by atoms with E-state index in [1.54, 1.807) is 0 Å². The highest BCUT2D eigenvalue weighted by Crippen LogP contribution is 2.22. The van der Waals surface area contributed by atoms with Crippen molar-refractivity contribution < 1.29 is 4.74 Å². The number of benzene rings is 1. The Morgan fingerprint density at radius 1 is 1.38 bits per heavy atom. The SMILES string of the molecule is Cc1cccc(C)c1OCC1CN1. The molecule has 0 radical (unpaired) electrons. The molecule has 1 saturated heterocycles. The lowest BCUT2D eigenvalue weighted by atomic mass is 10.1. The van der Waals surface area contributed by atoms with Gasteiger partial charge in [-0.15, -0.1) is 0 Å². The fourth-order valence-corrected chi connectivity index (χ4v) is 1.41. The summed E-state index contributed by atoms with van der Waals surface area (Å²) in [5, 5.41) is 3.22. The molecule has 1 aromatic carbocycles. The van der Waals surface area contributed by atoms with Gasteiger partial charge in [-0.2, -0.15) is 0 Å². The fourth-order valence-electron chi connectivity index (χ4n) is 1.41. The Labute approximate surface area is 78.9 Å². The van der Waals surface area contributed by atoms with Crippen molar-refractivity contribution in [2.45, 2.75) is 19.9 Å². The Hall–Kier alpha value is -1.02. The minimum Gasteiger partial charge on any atom is -0.491 e. The van der Waals surface area contributed by atoms with E-state index in [2.05, 4.69) is 37.4 Å². The predicted octanol–water partition coefficient (Wildman–Crippen LogP) is 1.65. The maximum absolute atomic E-state index is 5.73.